The quantitative estimate of drug-likeness (QED) is 0.593. The summed E-state index contributed by atoms with van der Waals surface area (Å²) < 4.78 is 10.1. The van der Waals surface area contributed by atoms with Gasteiger partial charge in [-0.15, -0.1) is 0 Å². The van der Waals surface area contributed by atoms with E-state index in [1.165, 1.54) is 7.11 Å². The monoisotopic (exact) mass is 407 g/mol. The lowest BCUT2D eigenvalue weighted by molar-refractivity contribution is 0.0598. The molecule has 0 radical (unpaired) electrons. The van der Waals surface area contributed by atoms with E-state index >= 15 is 0 Å². The van der Waals surface area contributed by atoms with Gasteiger partial charge in [-0.05, 0) is 43.0 Å². The molecule has 1 aliphatic heterocycles. The maximum absolute atomic E-state index is 12.9. The summed E-state index contributed by atoms with van der Waals surface area (Å²) in [5.74, 6) is 0.687. The smallest absolute Gasteiger partial charge is 0.337 e. The third-order valence-corrected chi connectivity index (χ3v) is 5.08. The van der Waals surface area contributed by atoms with Crippen LogP contribution in [0.15, 0.2) is 47.4 Å². The molecule has 30 heavy (non-hydrogen) atoms. The highest BCUT2D eigenvalue weighted by atomic mass is 16.5. The van der Waals surface area contributed by atoms with Crippen LogP contribution in [-0.4, -0.2) is 57.1 Å². The molecule has 1 fully saturated rings. The number of carbonyl (C=O) groups is 2. The van der Waals surface area contributed by atoms with Gasteiger partial charge in [-0.3, -0.25) is 9.78 Å². The zero-order valence-electron chi connectivity index (χ0n) is 16.5. The number of methoxy groups -OCH3 is 1. The standard InChI is InChI=1S/C21H21N5O4/c1-29-21(28)16-6-4-15(5-7-16)20(27)26-10-2-3-14(13-26)11-18-24-19(25-30-18)17-12-22-8-9-23-17/h4-9,12,14H,2-3,10-11,13H2,1H3. The molecule has 1 saturated heterocycles. The van der Waals surface area contributed by atoms with Crippen molar-refractivity contribution >= 4 is 11.9 Å². The largest absolute Gasteiger partial charge is 0.465 e. The van der Waals surface area contributed by atoms with Crippen molar-refractivity contribution in [3.8, 4) is 11.5 Å². The first-order valence-electron chi connectivity index (χ1n) is 9.70. The van der Waals surface area contributed by atoms with Gasteiger partial charge in [0.15, 0.2) is 0 Å². The van der Waals surface area contributed by atoms with E-state index in [-0.39, 0.29) is 11.8 Å². The van der Waals surface area contributed by atoms with E-state index < -0.39 is 5.97 Å². The number of nitrogens with zero attached hydrogens (tertiary/aromatic N) is 5. The van der Waals surface area contributed by atoms with Gasteiger partial charge < -0.3 is 14.2 Å². The van der Waals surface area contributed by atoms with E-state index in [2.05, 4.69) is 20.1 Å². The second-order valence-electron chi connectivity index (χ2n) is 7.13. The third-order valence-electron chi connectivity index (χ3n) is 5.08. The number of benzene rings is 1. The molecule has 0 N–H and O–H groups in total. The summed E-state index contributed by atoms with van der Waals surface area (Å²) in [5.41, 5.74) is 1.52. The van der Waals surface area contributed by atoms with Crippen molar-refractivity contribution in [2.24, 2.45) is 5.92 Å². The lowest BCUT2D eigenvalue weighted by Crippen LogP contribution is -2.40. The summed E-state index contributed by atoms with van der Waals surface area (Å²) in [6, 6.07) is 6.52. The SMILES string of the molecule is COC(=O)c1ccc(C(=O)N2CCCC(Cc3nc(-c4cnccn4)no3)C2)cc1. The Hall–Kier alpha value is -3.62. The van der Waals surface area contributed by atoms with Crippen molar-refractivity contribution in [2.45, 2.75) is 19.3 Å². The fourth-order valence-electron chi connectivity index (χ4n) is 3.57. The lowest BCUT2D eigenvalue weighted by atomic mass is 9.94. The maximum Gasteiger partial charge on any atom is 0.337 e. The molecule has 3 aromatic rings. The van der Waals surface area contributed by atoms with Crippen LogP contribution in [-0.2, 0) is 11.2 Å². The molecule has 9 heteroatoms. The molecule has 154 valence electrons. The summed E-state index contributed by atoms with van der Waals surface area (Å²) in [5, 5.41) is 3.98. The molecule has 1 aromatic carbocycles. The highest BCUT2D eigenvalue weighted by Crippen LogP contribution is 2.23. The van der Waals surface area contributed by atoms with Crippen LogP contribution in [0.2, 0.25) is 0 Å². The van der Waals surface area contributed by atoms with E-state index in [1.807, 2.05) is 4.90 Å². The minimum Gasteiger partial charge on any atom is -0.465 e. The van der Waals surface area contributed by atoms with Crippen LogP contribution >= 0.6 is 0 Å². The van der Waals surface area contributed by atoms with Crippen LogP contribution in [0.25, 0.3) is 11.5 Å². The normalized spacial score (nSPS) is 16.3. The minimum absolute atomic E-state index is 0.0538. The van der Waals surface area contributed by atoms with Gasteiger partial charge in [0.1, 0.15) is 5.69 Å². The van der Waals surface area contributed by atoms with Gasteiger partial charge in [0.25, 0.3) is 5.91 Å². The summed E-state index contributed by atoms with van der Waals surface area (Å²) in [6.45, 7) is 1.31. The Morgan fingerprint density at radius 3 is 2.73 bits per heavy atom. The highest BCUT2D eigenvalue weighted by Gasteiger charge is 2.26. The van der Waals surface area contributed by atoms with Crippen molar-refractivity contribution < 1.29 is 18.8 Å². The van der Waals surface area contributed by atoms with Crippen molar-refractivity contribution in [2.75, 3.05) is 20.2 Å². The molecule has 4 rings (SSSR count). The molecule has 3 heterocycles. The number of rotatable bonds is 5. The zero-order valence-corrected chi connectivity index (χ0v) is 16.5. The number of likely N-dealkylation sites (tertiary alicyclic amines) is 1. The molecule has 0 aliphatic carbocycles. The first-order valence-corrected chi connectivity index (χ1v) is 9.70. The topological polar surface area (TPSA) is 111 Å². The van der Waals surface area contributed by atoms with Crippen LogP contribution < -0.4 is 0 Å². The van der Waals surface area contributed by atoms with Gasteiger partial charge in [0.2, 0.25) is 11.7 Å². The van der Waals surface area contributed by atoms with Gasteiger partial charge in [-0.1, -0.05) is 5.16 Å². The summed E-state index contributed by atoms with van der Waals surface area (Å²) in [7, 11) is 1.33. The predicted molar refractivity (Wildman–Crippen MR) is 105 cm³/mol. The van der Waals surface area contributed by atoms with Gasteiger partial charge in [0.05, 0.1) is 18.9 Å². The summed E-state index contributed by atoms with van der Waals surface area (Å²) >= 11 is 0. The second kappa shape index (κ2) is 8.81. The van der Waals surface area contributed by atoms with Crippen LogP contribution in [0.3, 0.4) is 0 Å². The summed E-state index contributed by atoms with van der Waals surface area (Å²) in [4.78, 5) is 38.9. The Labute approximate surface area is 173 Å². The van der Waals surface area contributed by atoms with Crippen molar-refractivity contribution in [1.29, 1.82) is 0 Å². The number of aromatic nitrogens is 4. The van der Waals surface area contributed by atoms with Gasteiger partial charge in [-0.25, -0.2) is 9.78 Å². The van der Waals surface area contributed by atoms with Gasteiger partial charge in [-0.2, -0.15) is 4.98 Å². The van der Waals surface area contributed by atoms with Crippen LogP contribution in [0.1, 0.15) is 39.4 Å². The Balaban J connectivity index is 1.39. The number of esters is 1. The average Bonchev–Trinajstić information content (AvgIpc) is 3.27. The lowest BCUT2D eigenvalue weighted by Gasteiger charge is -2.32. The van der Waals surface area contributed by atoms with E-state index in [1.54, 1.807) is 42.9 Å². The molecule has 0 spiro atoms. The summed E-state index contributed by atoms with van der Waals surface area (Å²) in [6.07, 6.45) is 7.23. The first-order chi connectivity index (χ1) is 14.6. The number of hydrogen-bond acceptors (Lipinski definition) is 8. The molecule has 0 saturated carbocycles. The Morgan fingerprint density at radius 1 is 1.20 bits per heavy atom. The fourth-order valence-corrected chi connectivity index (χ4v) is 3.57. The third kappa shape index (κ3) is 4.35. The number of hydrogen-bond donors (Lipinski definition) is 0. The predicted octanol–water partition coefficient (Wildman–Crippen LogP) is 2.41. The molecule has 9 nitrogen and oxygen atoms in total. The fraction of sp³-hybridized carbons (Fsp3) is 0.333. The number of ether oxygens (including phenoxy) is 1. The Bertz CT molecular complexity index is 1020. The number of piperidine rings is 1. The van der Waals surface area contributed by atoms with E-state index in [4.69, 9.17) is 9.26 Å². The Morgan fingerprint density at radius 2 is 2.00 bits per heavy atom. The van der Waals surface area contributed by atoms with Gasteiger partial charge >= 0.3 is 5.97 Å². The van der Waals surface area contributed by atoms with Crippen molar-refractivity contribution in [3.05, 3.63) is 59.9 Å². The molecule has 2 aromatic heterocycles. The second-order valence-corrected chi connectivity index (χ2v) is 7.13. The zero-order chi connectivity index (χ0) is 20.9. The van der Waals surface area contributed by atoms with Gasteiger partial charge in [0, 0.05) is 37.5 Å². The first kappa shape index (κ1) is 19.7. The minimum atomic E-state index is -0.424. The van der Waals surface area contributed by atoms with Crippen molar-refractivity contribution in [3.63, 3.8) is 0 Å². The van der Waals surface area contributed by atoms with E-state index in [0.717, 1.165) is 12.8 Å². The molecule has 0 bridgehead atoms. The average molecular weight is 407 g/mol. The van der Waals surface area contributed by atoms with E-state index in [0.29, 0.717) is 48.0 Å². The molecule has 1 unspecified atom stereocenters. The van der Waals surface area contributed by atoms with Crippen molar-refractivity contribution in [1.82, 2.24) is 25.0 Å². The van der Waals surface area contributed by atoms with Crippen LogP contribution in [0, 0.1) is 5.92 Å². The number of amides is 1. The molecule has 1 atom stereocenters. The molecule has 1 aliphatic rings. The molecule has 1 amide bonds. The molecular formula is C21H21N5O4. The van der Waals surface area contributed by atoms with E-state index in [9.17, 15) is 9.59 Å². The van der Waals surface area contributed by atoms with Crippen LogP contribution in [0.4, 0.5) is 0 Å². The van der Waals surface area contributed by atoms with Crippen LogP contribution in [0.5, 0.6) is 0 Å². The maximum atomic E-state index is 12.9. The molecular weight excluding hydrogens is 386 g/mol. The number of carbonyl (C=O) groups excluding carboxylic acids is 2. The Kier molecular flexibility index (Phi) is 5.78. The highest BCUT2D eigenvalue weighted by molar-refractivity contribution is 5.96.